The number of nitrogens with one attached hydrogen (secondary N) is 1. The third kappa shape index (κ3) is 5.90. The minimum Gasteiger partial charge on any atom is -0.375 e. The monoisotopic (exact) mass is 465 g/mol. The van der Waals surface area contributed by atoms with Gasteiger partial charge < -0.3 is 10.6 Å². The summed E-state index contributed by atoms with van der Waals surface area (Å²) in [6, 6.07) is 14.3. The van der Waals surface area contributed by atoms with Gasteiger partial charge in [-0.25, -0.2) is 0 Å². The first-order chi connectivity index (χ1) is 13.0. The van der Waals surface area contributed by atoms with Crippen LogP contribution >= 0.6 is 39.7 Å². The van der Waals surface area contributed by atoms with Crippen molar-refractivity contribution in [1.29, 1.82) is 0 Å². The maximum Gasteiger partial charge on any atom is 0.184 e. The van der Waals surface area contributed by atoms with E-state index in [0.717, 1.165) is 47.8 Å². The molecule has 8 heteroatoms. The lowest BCUT2D eigenvalue weighted by Crippen LogP contribution is -2.46. The van der Waals surface area contributed by atoms with E-state index in [4.69, 9.17) is 29.6 Å². The van der Waals surface area contributed by atoms with Gasteiger partial charge in [-0.05, 0) is 63.5 Å². The van der Waals surface area contributed by atoms with Crippen LogP contribution in [0.25, 0.3) is 0 Å². The van der Waals surface area contributed by atoms with Crippen LogP contribution in [0.5, 0.6) is 0 Å². The molecule has 3 N–H and O–H groups in total. The lowest BCUT2D eigenvalue weighted by Gasteiger charge is -2.36. The summed E-state index contributed by atoms with van der Waals surface area (Å²) >= 11 is 14.5. The van der Waals surface area contributed by atoms with Gasteiger partial charge in [0.15, 0.2) is 5.11 Å². The number of piperazine rings is 1. The normalized spacial score (nSPS) is 15.3. The molecule has 27 heavy (non-hydrogen) atoms. The van der Waals surface area contributed by atoms with E-state index in [-0.39, 0.29) is 5.11 Å². The summed E-state index contributed by atoms with van der Waals surface area (Å²) in [7, 11) is 0. The lowest BCUT2D eigenvalue weighted by atomic mass is 10.1. The minimum absolute atomic E-state index is 0.151. The third-order valence-electron chi connectivity index (χ3n) is 4.37. The Kier molecular flexibility index (Phi) is 7.07. The summed E-state index contributed by atoms with van der Waals surface area (Å²) in [5.41, 5.74) is 11.3. The van der Waals surface area contributed by atoms with Gasteiger partial charge in [-0.1, -0.05) is 29.8 Å². The van der Waals surface area contributed by atoms with Gasteiger partial charge in [0.2, 0.25) is 0 Å². The number of hydrazone groups is 1. The average Bonchev–Trinajstić information content (AvgIpc) is 2.62. The van der Waals surface area contributed by atoms with Crippen molar-refractivity contribution in [3.05, 3.63) is 63.1 Å². The maximum atomic E-state index is 6.09. The summed E-state index contributed by atoms with van der Waals surface area (Å²) in [6.45, 7) is 4.92. The van der Waals surface area contributed by atoms with Crippen molar-refractivity contribution in [3.63, 3.8) is 0 Å². The summed E-state index contributed by atoms with van der Waals surface area (Å²) in [5, 5.41) is 4.93. The smallest absolute Gasteiger partial charge is 0.184 e. The number of benzene rings is 2. The van der Waals surface area contributed by atoms with E-state index in [1.807, 2.05) is 30.3 Å². The Labute approximate surface area is 178 Å². The SMILES string of the molecule is NC(=S)NN=Cc1ccc(N2CCN(Cc3cccc(Cl)c3)CC2)c(Br)c1. The van der Waals surface area contributed by atoms with E-state index in [0.29, 0.717) is 0 Å². The molecule has 1 fully saturated rings. The standard InChI is InChI=1S/C19H21BrClN5S/c20-17-11-14(12-23-24-19(22)27)4-5-18(17)26-8-6-25(7-9-26)13-15-2-1-3-16(21)10-15/h1-5,10-12H,6-9,13H2,(H3,22,24,27). The van der Waals surface area contributed by atoms with Gasteiger partial charge in [0.25, 0.3) is 0 Å². The molecule has 1 heterocycles. The van der Waals surface area contributed by atoms with Crippen LogP contribution in [0.4, 0.5) is 5.69 Å². The van der Waals surface area contributed by atoms with Crippen molar-refractivity contribution in [2.45, 2.75) is 6.54 Å². The average molecular weight is 467 g/mol. The lowest BCUT2D eigenvalue weighted by molar-refractivity contribution is 0.250. The molecule has 0 saturated carbocycles. The summed E-state index contributed by atoms with van der Waals surface area (Å²) in [4.78, 5) is 4.85. The molecule has 0 bridgehead atoms. The Morgan fingerprint density at radius 3 is 2.67 bits per heavy atom. The number of nitrogens with two attached hydrogens (primary N) is 1. The highest BCUT2D eigenvalue weighted by Gasteiger charge is 2.19. The Balaban J connectivity index is 1.57. The van der Waals surface area contributed by atoms with Crippen LogP contribution in [0, 0.1) is 0 Å². The van der Waals surface area contributed by atoms with Crippen LogP contribution in [-0.2, 0) is 6.54 Å². The van der Waals surface area contributed by atoms with Crippen molar-refractivity contribution in [2.75, 3.05) is 31.1 Å². The number of halogens is 2. The molecule has 0 radical (unpaired) electrons. The van der Waals surface area contributed by atoms with E-state index >= 15 is 0 Å². The summed E-state index contributed by atoms with van der Waals surface area (Å²) in [5.74, 6) is 0. The largest absolute Gasteiger partial charge is 0.375 e. The Hall–Kier alpha value is -1.67. The Bertz CT molecular complexity index is 837. The highest BCUT2D eigenvalue weighted by molar-refractivity contribution is 9.10. The quantitative estimate of drug-likeness (QED) is 0.401. The molecule has 1 aliphatic rings. The number of thiocarbonyl (C=S) groups is 1. The van der Waals surface area contributed by atoms with Crippen molar-refractivity contribution in [1.82, 2.24) is 10.3 Å². The molecule has 0 aromatic heterocycles. The molecule has 2 aromatic rings. The van der Waals surface area contributed by atoms with Gasteiger partial charge in [-0.2, -0.15) is 5.10 Å². The first kappa shape index (κ1) is 20.1. The van der Waals surface area contributed by atoms with Crippen molar-refractivity contribution in [3.8, 4) is 0 Å². The Morgan fingerprint density at radius 1 is 1.22 bits per heavy atom. The first-order valence-electron chi connectivity index (χ1n) is 8.61. The van der Waals surface area contributed by atoms with E-state index in [2.05, 4.69) is 48.4 Å². The number of nitrogens with zero attached hydrogens (tertiary/aromatic N) is 3. The van der Waals surface area contributed by atoms with Gasteiger partial charge in [-0.15, -0.1) is 0 Å². The molecule has 0 amide bonds. The molecule has 0 spiro atoms. The van der Waals surface area contributed by atoms with E-state index < -0.39 is 0 Å². The summed E-state index contributed by atoms with van der Waals surface area (Å²) in [6.07, 6.45) is 1.69. The minimum atomic E-state index is 0.151. The molecule has 142 valence electrons. The van der Waals surface area contributed by atoms with Gasteiger partial charge >= 0.3 is 0 Å². The maximum absolute atomic E-state index is 6.09. The number of anilines is 1. The van der Waals surface area contributed by atoms with E-state index in [1.54, 1.807) is 6.21 Å². The van der Waals surface area contributed by atoms with Crippen LogP contribution in [0.15, 0.2) is 52.0 Å². The third-order valence-corrected chi connectivity index (χ3v) is 5.33. The number of rotatable bonds is 5. The van der Waals surface area contributed by atoms with Gasteiger partial charge in [0.1, 0.15) is 0 Å². The molecule has 1 aliphatic heterocycles. The molecule has 3 rings (SSSR count). The van der Waals surface area contributed by atoms with Gasteiger partial charge in [0.05, 0.1) is 11.9 Å². The molecule has 5 nitrogen and oxygen atoms in total. The molecule has 2 aromatic carbocycles. The molecular formula is C19H21BrClN5S. The van der Waals surface area contributed by atoms with Crippen LogP contribution in [0.1, 0.15) is 11.1 Å². The van der Waals surface area contributed by atoms with Crippen LogP contribution in [0.2, 0.25) is 5.02 Å². The molecule has 0 unspecified atom stereocenters. The molecular weight excluding hydrogens is 446 g/mol. The van der Waals surface area contributed by atoms with Crippen molar-refractivity contribution < 1.29 is 0 Å². The molecule has 0 atom stereocenters. The fourth-order valence-electron chi connectivity index (χ4n) is 3.07. The number of hydrogen-bond donors (Lipinski definition) is 2. The van der Waals surface area contributed by atoms with Crippen LogP contribution in [0.3, 0.4) is 0 Å². The topological polar surface area (TPSA) is 56.9 Å². The fraction of sp³-hybridized carbons (Fsp3) is 0.263. The zero-order valence-corrected chi connectivity index (χ0v) is 17.9. The van der Waals surface area contributed by atoms with Crippen molar-refractivity contribution in [2.24, 2.45) is 10.8 Å². The van der Waals surface area contributed by atoms with Crippen LogP contribution in [-0.4, -0.2) is 42.4 Å². The molecule has 1 saturated heterocycles. The van der Waals surface area contributed by atoms with Crippen LogP contribution < -0.4 is 16.1 Å². The number of hydrogen-bond acceptors (Lipinski definition) is 4. The second-order valence-corrected chi connectivity index (χ2v) is 8.07. The van der Waals surface area contributed by atoms with Crippen molar-refractivity contribution >= 4 is 56.8 Å². The Morgan fingerprint density at radius 2 is 2.00 bits per heavy atom. The summed E-state index contributed by atoms with van der Waals surface area (Å²) < 4.78 is 1.05. The second-order valence-electron chi connectivity index (χ2n) is 6.34. The van der Waals surface area contributed by atoms with Gasteiger partial charge in [-0.3, -0.25) is 10.3 Å². The predicted molar refractivity (Wildman–Crippen MR) is 121 cm³/mol. The zero-order chi connectivity index (χ0) is 19.2. The highest BCUT2D eigenvalue weighted by atomic mass is 79.9. The van der Waals surface area contributed by atoms with Gasteiger partial charge in [0, 0.05) is 42.2 Å². The first-order valence-corrected chi connectivity index (χ1v) is 10.2. The second kappa shape index (κ2) is 9.50. The van der Waals surface area contributed by atoms with E-state index in [1.165, 1.54) is 11.3 Å². The van der Waals surface area contributed by atoms with E-state index in [9.17, 15) is 0 Å². The fourth-order valence-corrected chi connectivity index (χ4v) is 3.98. The molecule has 0 aliphatic carbocycles. The zero-order valence-electron chi connectivity index (χ0n) is 14.7. The predicted octanol–water partition coefficient (Wildman–Crippen LogP) is 3.59. The highest BCUT2D eigenvalue weighted by Crippen LogP contribution is 2.28.